The molecule has 3 nitrogen and oxygen atoms in total. The number of carbonyl (C=O) groups is 1. The molecule has 0 saturated carbocycles. The smallest absolute Gasteiger partial charge is 0.227 e. The third-order valence-corrected chi connectivity index (χ3v) is 5.91. The van der Waals surface area contributed by atoms with Crippen molar-refractivity contribution >= 4 is 17.2 Å². The summed E-state index contributed by atoms with van der Waals surface area (Å²) in [6.07, 6.45) is 6.74. The van der Waals surface area contributed by atoms with Gasteiger partial charge in [-0.1, -0.05) is 24.3 Å². The normalized spacial score (nSPS) is 19.5. The van der Waals surface area contributed by atoms with Crippen LogP contribution in [0.1, 0.15) is 51.9 Å². The molecule has 1 aromatic carbocycles. The van der Waals surface area contributed by atoms with E-state index in [1.54, 1.807) is 11.3 Å². The largest absolute Gasteiger partial charge is 0.349 e. The molecule has 1 amide bonds. The maximum atomic E-state index is 12.5. The number of amides is 1. The Labute approximate surface area is 134 Å². The van der Waals surface area contributed by atoms with Gasteiger partial charge in [0.15, 0.2) is 0 Å². The fourth-order valence-corrected chi connectivity index (χ4v) is 4.69. The highest BCUT2D eigenvalue weighted by Gasteiger charge is 2.28. The van der Waals surface area contributed by atoms with Gasteiger partial charge in [-0.25, -0.2) is 4.98 Å². The van der Waals surface area contributed by atoms with Crippen molar-refractivity contribution in [2.24, 2.45) is 0 Å². The van der Waals surface area contributed by atoms with E-state index in [0.29, 0.717) is 6.54 Å². The Bertz CT molecular complexity index is 683. The van der Waals surface area contributed by atoms with E-state index in [2.05, 4.69) is 23.5 Å². The Morgan fingerprint density at radius 2 is 2.09 bits per heavy atom. The molecule has 114 valence electrons. The van der Waals surface area contributed by atoms with Gasteiger partial charge in [0, 0.05) is 4.88 Å². The minimum absolute atomic E-state index is 0.0192. The molecule has 2 aliphatic rings. The van der Waals surface area contributed by atoms with Crippen molar-refractivity contribution in [2.45, 2.75) is 51.0 Å². The highest BCUT2D eigenvalue weighted by atomic mass is 32.1. The van der Waals surface area contributed by atoms with Gasteiger partial charge >= 0.3 is 0 Å². The second-order valence-corrected chi connectivity index (χ2v) is 7.36. The van der Waals surface area contributed by atoms with Gasteiger partial charge in [-0.15, -0.1) is 11.3 Å². The average Bonchev–Trinajstić information content (AvgIpc) is 3.16. The Kier molecular flexibility index (Phi) is 3.70. The molecule has 0 radical (unpaired) electrons. The first kappa shape index (κ1) is 13.9. The fourth-order valence-electron chi connectivity index (χ4n) is 3.60. The molecule has 4 rings (SSSR count). The first-order valence-corrected chi connectivity index (χ1v) is 8.96. The Balaban J connectivity index is 1.42. The van der Waals surface area contributed by atoms with Crippen LogP contribution in [0.2, 0.25) is 0 Å². The first-order chi connectivity index (χ1) is 10.8. The van der Waals surface area contributed by atoms with Gasteiger partial charge in [-0.3, -0.25) is 4.79 Å². The van der Waals surface area contributed by atoms with Crippen LogP contribution >= 0.6 is 11.3 Å². The van der Waals surface area contributed by atoms with E-state index in [0.717, 1.165) is 30.7 Å². The molecule has 4 heteroatoms. The van der Waals surface area contributed by atoms with E-state index in [1.165, 1.54) is 34.5 Å². The summed E-state index contributed by atoms with van der Waals surface area (Å²) in [4.78, 5) is 18.6. The van der Waals surface area contributed by atoms with Crippen molar-refractivity contribution in [3.63, 3.8) is 0 Å². The van der Waals surface area contributed by atoms with Crippen LogP contribution in [-0.2, 0) is 30.6 Å². The molecule has 0 fully saturated rings. The Morgan fingerprint density at radius 3 is 3.00 bits per heavy atom. The number of fused-ring (bicyclic) bond motifs is 2. The van der Waals surface area contributed by atoms with Gasteiger partial charge in [-0.05, 0) is 49.7 Å². The zero-order valence-corrected chi connectivity index (χ0v) is 13.4. The third kappa shape index (κ3) is 2.56. The molecule has 2 aliphatic carbocycles. The van der Waals surface area contributed by atoms with Crippen LogP contribution in [0.4, 0.5) is 0 Å². The SMILES string of the molecule is O=C(NCc1nc2c(s1)CCCC2)[C@H]1CCc2ccccc21. The van der Waals surface area contributed by atoms with E-state index in [4.69, 9.17) is 4.98 Å². The molecular formula is C18H20N2OS. The lowest BCUT2D eigenvalue weighted by molar-refractivity contribution is -0.122. The maximum Gasteiger partial charge on any atom is 0.227 e. The maximum absolute atomic E-state index is 12.5. The number of carbonyl (C=O) groups excluding carboxylic acids is 1. The minimum atomic E-state index is 0.0192. The van der Waals surface area contributed by atoms with Crippen LogP contribution < -0.4 is 5.32 Å². The number of rotatable bonds is 3. The highest BCUT2D eigenvalue weighted by Crippen LogP contribution is 2.33. The summed E-state index contributed by atoms with van der Waals surface area (Å²) in [5, 5.41) is 4.16. The van der Waals surface area contributed by atoms with E-state index >= 15 is 0 Å². The molecule has 0 spiro atoms. The number of benzene rings is 1. The van der Waals surface area contributed by atoms with Crippen LogP contribution in [0.25, 0.3) is 0 Å². The van der Waals surface area contributed by atoms with Gasteiger partial charge in [0.05, 0.1) is 18.2 Å². The quantitative estimate of drug-likeness (QED) is 0.944. The second-order valence-electron chi connectivity index (χ2n) is 6.19. The highest BCUT2D eigenvalue weighted by molar-refractivity contribution is 7.11. The third-order valence-electron chi connectivity index (χ3n) is 4.75. The summed E-state index contributed by atoms with van der Waals surface area (Å²) < 4.78 is 0. The topological polar surface area (TPSA) is 42.0 Å². The Morgan fingerprint density at radius 1 is 1.23 bits per heavy atom. The molecule has 1 N–H and O–H groups in total. The van der Waals surface area contributed by atoms with E-state index < -0.39 is 0 Å². The predicted molar refractivity (Wildman–Crippen MR) is 88.1 cm³/mol. The summed E-state index contributed by atoms with van der Waals surface area (Å²) in [5.41, 5.74) is 3.80. The zero-order chi connectivity index (χ0) is 14.9. The standard InChI is InChI=1S/C18H20N2OS/c21-18(14-10-9-12-5-1-2-6-13(12)14)19-11-17-20-15-7-3-4-8-16(15)22-17/h1-2,5-6,14H,3-4,7-11H2,(H,19,21)/t14-/m0/s1. The molecular weight excluding hydrogens is 292 g/mol. The molecule has 1 aromatic heterocycles. The van der Waals surface area contributed by atoms with Crippen LogP contribution in [0.5, 0.6) is 0 Å². The molecule has 0 bridgehead atoms. The van der Waals surface area contributed by atoms with Crippen molar-refractivity contribution in [1.29, 1.82) is 0 Å². The van der Waals surface area contributed by atoms with Crippen molar-refractivity contribution in [2.75, 3.05) is 0 Å². The first-order valence-electron chi connectivity index (χ1n) is 8.14. The number of hydrogen-bond donors (Lipinski definition) is 1. The number of aryl methyl sites for hydroxylation is 3. The lowest BCUT2D eigenvalue weighted by Crippen LogP contribution is -2.27. The van der Waals surface area contributed by atoms with E-state index in [1.807, 2.05) is 6.07 Å². The molecule has 22 heavy (non-hydrogen) atoms. The van der Waals surface area contributed by atoms with Crippen molar-refractivity contribution in [1.82, 2.24) is 10.3 Å². The van der Waals surface area contributed by atoms with E-state index in [-0.39, 0.29) is 11.8 Å². The molecule has 0 unspecified atom stereocenters. The summed E-state index contributed by atoms with van der Waals surface area (Å²) in [5.74, 6) is 0.170. The molecule has 1 atom stereocenters. The van der Waals surface area contributed by atoms with Gasteiger partial charge in [0.1, 0.15) is 5.01 Å². The second kappa shape index (κ2) is 5.84. The summed E-state index contributed by atoms with van der Waals surface area (Å²) >= 11 is 1.78. The summed E-state index contributed by atoms with van der Waals surface area (Å²) in [6, 6.07) is 8.31. The van der Waals surface area contributed by atoms with Crippen LogP contribution in [-0.4, -0.2) is 10.9 Å². The predicted octanol–water partition coefficient (Wildman–Crippen LogP) is 3.37. The van der Waals surface area contributed by atoms with Gasteiger partial charge in [0.25, 0.3) is 0 Å². The van der Waals surface area contributed by atoms with Crippen molar-refractivity contribution < 1.29 is 4.79 Å². The van der Waals surface area contributed by atoms with E-state index in [9.17, 15) is 4.79 Å². The van der Waals surface area contributed by atoms with Crippen molar-refractivity contribution in [3.8, 4) is 0 Å². The lowest BCUT2D eigenvalue weighted by atomic mass is 10.0. The minimum Gasteiger partial charge on any atom is -0.349 e. The lowest BCUT2D eigenvalue weighted by Gasteiger charge is -2.11. The number of nitrogens with one attached hydrogen (secondary N) is 1. The van der Waals surface area contributed by atoms with Gasteiger partial charge in [-0.2, -0.15) is 0 Å². The van der Waals surface area contributed by atoms with Crippen LogP contribution in [0.15, 0.2) is 24.3 Å². The molecule has 0 aliphatic heterocycles. The number of nitrogens with zero attached hydrogens (tertiary/aromatic N) is 1. The number of thiazole rings is 1. The fraction of sp³-hybridized carbons (Fsp3) is 0.444. The number of aromatic nitrogens is 1. The number of hydrogen-bond acceptors (Lipinski definition) is 3. The average molecular weight is 312 g/mol. The van der Waals surface area contributed by atoms with Crippen molar-refractivity contribution in [3.05, 3.63) is 51.0 Å². The molecule has 0 saturated heterocycles. The Hall–Kier alpha value is -1.68. The summed E-state index contributed by atoms with van der Waals surface area (Å²) in [7, 11) is 0. The summed E-state index contributed by atoms with van der Waals surface area (Å²) in [6.45, 7) is 0.579. The van der Waals surface area contributed by atoms with Crippen LogP contribution in [0.3, 0.4) is 0 Å². The molecule has 1 heterocycles. The van der Waals surface area contributed by atoms with Gasteiger partial charge < -0.3 is 5.32 Å². The van der Waals surface area contributed by atoms with Gasteiger partial charge in [0.2, 0.25) is 5.91 Å². The molecule has 2 aromatic rings. The monoisotopic (exact) mass is 312 g/mol. The van der Waals surface area contributed by atoms with Crippen LogP contribution in [0, 0.1) is 0 Å². The zero-order valence-electron chi connectivity index (χ0n) is 12.6.